The van der Waals surface area contributed by atoms with Crippen LogP contribution in [0.5, 0.6) is 0 Å². The van der Waals surface area contributed by atoms with E-state index in [2.05, 4.69) is 11.4 Å². The Labute approximate surface area is 356 Å². The van der Waals surface area contributed by atoms with Gasteiger partial charge in [0.1, 0.15) is 11.3 Å². The van der Waals surface area contributed by atoms with Crippen LogP contribution in [0.4, 0.5) is 0 Å². The van der Waals surface area contributed by atoms with E-state index in [0.29, 0.717) is 31.3 Å². The van der Waals surface area contributed by atoms with Crippen molar-refractivity contribution in [3.63, 3.8) is 0 Å². The van der Waals surface area contributed by atoms with E-state index in [4.69, 9.17) is 11.1 Å². The molecule has 0 radical (unpaired) electrons. The highest BCUT2D eigenvalue weighted by molar-refractivity contribution is 6.25. The fourth-order valence-electron chi connectivity index (χ4n) is 9.59. The molecule has 13 nitrogen and oxygen atoms in total. The first-order chi connectivity index (χ1) is 28.3. The van der Waals surface area contributed by atoms with Gasteiger partial charge in [0.15, 0.2) is 11.7 Å². The van der Waals surface area contributed by atoms with Crippen LogP contribution < -0.4 is 11.1 Å². The molecule has 0 aromatic carbocycles. The Morgan fingerprint density at radius 1 is 0.967 bits per heavy atom. The number of carbonyl (C=O) groups is 2. The molecule has 13 unspecified atom stereocenters. The highest BCUT2D eigenvalue weighted by atomic mass is 16.3. The van der Waals surface area contributed by atoms with E-state index in [1.54, 1.807) is 44.2 Å². The zero-order valence-corrected chi connectivity index (χ0v) is 36.4. The van der Waals surface area contributed by atoms with Crippen molar-refractivity contribution in [2.75, 3.05) is 13.1 Å². The van der Waals surface area contributed by atoms with Crippen LogP contribution in [-0.4, -0.2) is 114 Å². The van der Waals surface area contributed by atoms with Crippen LogP contribution in [0, 0.1) is 40.4 Å². The molecule has 2 heterocycles. The fraction of sp³-hybridized carbons (Fsp3) is 0.638. The summed E-state index contributed by atoms with van der Waals surface area (Å²) >= 11 is 0. The Morgan fingerprint density at radius 3 is 2.33 bits per heavy atom. The van der Waals surface area contributed by atoms with Crippen molar-refractivity contribution < 1.29 is 45.3 Å². The minimum Gasteiger partial charge on any atom is -0.511 e. The Hall–Kier alpha value is -3.85. The second kappa shape index (κ2) is 21.8. The lowest BCUT2D eigenvalue weighted by Gasteiger charge is -2.52. The highest BCUT2D eigenvalue weighted by Gasteiger charge is 2.54. The quantitative estimate of drug-likeness (QED) is 0.0232. The number of allylic oxidation sites excluding steroid dienone is 3. The Morgan fingerprint density at radius 2 is 1.67 bits per heavy atom. The normalized spacial score (nSPS) is 31.2. The Kier molecular flexibility index (Phi) is 17.7. The lowest BCUT2D eigenvalue weighted by Crippen LogP contribution is -2.49. The van der Waals surface area contributed by atoms with Gasteiger partial charge in [0.2, 0.25) is 0 Å². The van der Waals surface area contributed by atoms with Gasteiger partial charge in [-0.2, -0.15) is 0 Å². The molecule has 2 saturated heterocycles. The molecule has 4 rings (SSSR count). The van der Waals surface area contributed by atoms with Crippen molar-refractivity contribution in [2.24, 2.45) is 40.7 Å². The van der Waals surface area contributed by atoms with Gasteiger partial charge in [-0.15, -0.1) is 0 Å². The van der Waals surface area contributed by atoms with E-state index in [0.717, 1.165) is 37.0 Å². The number of ketones is 1. The maximum Gasteiger partial charge on any atom is 0.258 e. The number of nitrogens with zero attached hydrogens (tertiary/aromatic N) is 1. The number of hydrogen-bond donors (Lipinski definition) is 10. The number of Topliss-reactive ketones (excluding diaryl/α,β-unsaturated/α-hetero) is 1. The van der Waals surface area contributed by atoms with Gasteiger partial charge in [0, 0.05) is 41.7 Å². The summed E-state index contributed by atoms with van der Waals surface area (Å²) in [7, 11) is 0. The van der Waals surface area contributed by atoms with Crippen LogP contribution in [0.1, 0.15) is 99.3 Å². The van der Waals surface area contributed by atoms with E-state index in [-0.39, 0.29) is 66.4 Å². The zero-order chi connectivity index (χ0) is 44.5. The third-order valence-electron chi connectivity index (χ3n) is 13.5. The fourth-order valence-corrected chi connectivity index (χ4v) is 9.59. The van der Waals surface area contributed by atoms with Crippen LogP contribution in [0.2, 0.25) is 0 Å². The van der Waals surface area contributed by atoms with Crippen molar-refractivity contribution in [3.8, 4) is 0 Å². The summed E-state index contributed by atoms with van der Waals surface area (Å²) in [5, 5.41) is 86.8. The van der Waals surface area contributed by atoms with E-state index >= 15 is 0 Å². The van der Waals surface area contributed by atoms with E-state index < -0.39 is 59.6 Å². The monoisotopic (exact) mass is 837 g/mol. The highest BCUT2D eigenvalue weighted by Crippen LogP contribution is 2.57. The summed E-state index contributed by atoms with van der Waals surface area (Å²) in [4.78, 5) is 27.3. The van der Waals surface area contributed by atoms with Crippen LogP contribution in [0.25, 0.3) is 0 Å². The molecule has 334 valence electrons. The number of amides is 1. The first kappa shape index (κ1) is 48.8. The topological polar surface area (TPSA) is 241 Å². The minimum absolute atomic E-state index is 0.0308. The molecule has 2 aliphatic heterocycles. The maximum absolute atomic E-state index is 12.7. The number of likely N-dealkylation sites (tertiary alicyclic amines) is 1. The van der Waals surface area contributed by atoms with Gasteiger partial charge < -0.3 is 51.7 Å². The molecule has 11 N–H and O–H groups in total. The molecule has 0 aromatic rings. The average Bonchev–Trinajstić information content (AvgIpc) is 3.82. The van der Waals surface area contributed by atoms with Crippen molar-refractivity contribution in [1.82, 2.24) is 10.2 Å². The molecular formula is C47H72N4O9. The number of guanidine groups is 1. The summed E-state index contributed by atoms with van der Waals surface area (Å²) in [5.41, 5.74) is 6.69. The number of aliphatic hydroxyl groups excluding tert-OH is 7. The molecule has 1 amide bonds. The largest absolute Gasteiger partial charge is 0.511 e. The number of carbonyl (C=O) groups excluding carboxylic acids is 2. The predicted molar refractivity (Wildman–Crippen MR) is 233 cm³/mol. The molecular weight excluding hydrogens is 765 g/mol. The molecule has 13 heteroatoms. The first-order valence-corrected chi connectivity index (χ1v) is 21.8. The number of nitrogens with one attached hydrogen (secondary N) is 2. The zero-order valence-electron chi connectivity index (χ0n) is 36.4. The smallest absolute Gasteiger partial charge is 0.258 e. The summed E-state index contributed by atoms with van der Waals surface area (Å²) in [6, 6.07) is 0.0523. The number of nitrogens with two attached hydrogens (primary N) is 1. The maximum atomic E-state index is 12.7. The van der Waals surface area contributed by atoms with Crippen LogP contribution in [-0.2, 0) is 9.59 Å². The van der Waals surface area contributed by atoms with Gasteiger partial charge in [-0.05, 0) is 89.2 Å². The van der Waals surface area contributed by atoms with E-state index in [1.807, 2.05) is 50.8 Å². The Balaban J connectivity index is 1.30. The average molecular weight is 837 g/mol. The second-order valence-electron chi connectivity index (χ2n) is 18.0. The first-order valence-electron chi connectivity index (χ1n) is 21.8. The van der Waals surface area contributed by atoms with Gasteiger partial charge >= 0.3 is 0 Å². The van der Waals surface area contributed by atoms with Crippen molar-refractivity contribution in [1.29, 1.82) is 5.41 Å². The molecule has 0 aromatic heterocycles. The van der Waals surface area contributed by atoms with Crippen LogP contribution in [0.15, 0.2) is 82.7 Å². The van der Waals surface area contributed by atoms with Gasteiger partial charge in [-0.3, -0.25) is 15.0 Å². The van der Waals surface area contributed by atoms with Crippen molar-refractivity contribution in [3.05, 3.63) is 82.7 Å². The Bertz CT molecular complexity index is 1730. The third kappa shape index (κ3) is 11.9. The summed E-state index contributed by atoms with van der Waals surface area (Å²) in [6.45, 7) is 11.7. The lowest BCUT2D eigenvalue weighted by molar-refractivity contribution is -0.117. The summed E-state index contributed by atoms with van der Waals surface area (Å²) in [6.07, 6.45) is 17.0. The number of hydrogen-bond acceptors (Lipinski definition) is 10. The molecule has 1 saturated carbocycles. The molecule has 4 aliphatic rings. The lowest BCUT2D eigenvalue weighted by atomic mass is 9.52. The van der Waals surface area contributed by atoms with Gasteiger partial charge in [0.05, 0.1) is 43.2 Å². The number of rotatable bonds is 18. The minimum atomic E-state index is -1.04. The molecule has 60 heavy (non-hydrogen) atoms. The number of aliphatic hydroxyl groups is 7. The van der Waals surface area contributed by atoms with E-state index in [9.17, 15) is 45.3 Å². The predicted octanol–water partition coefficient (Wildman–Crippen LogP) is 4.41. The SMILES string of the molecule is CC(=CCC(O)CC1CCCN1C(=N)N)C(O)CC=CC(O)C(C)C=CC(O)CC=C(C)C(O)C(C)C=CC1C(C)=CC2C(O)CCCC2C1(C)C(O)=C1C(=O)CNC1=O. The summed E-state index contributed by atoms with van der Waals surface area (Å²) in [5.74, 6) is -2.79. The van der Waals surface area contributed by atoms with Crippen LogP contribution >= 0.6 is 0 Å². The third-order valence-corrected chi connectivity index (χ3v) is 13.5. The van der Waals surface area contributed by atoms with Gasteiger partial charge in [0.25, 0.3) is 5.91 Å². The molecule has 3 fully saturated rings. The summed E-state index contributed by atoms with van der Waals surface area (Å²) < 4.78 is 0. The van der Waals surface area contributed by atoms with Gasteiger partial charge in [-0.1, -0.05) is 87.4 Å². The second-order valence-corrected chi connectivity index (χ2v) is 18.0. The van der Waals surface area contributed by atoms with Crippen LogP contribution in [0.3, 0.4) is 0 Å². The van der Waals surface area contributed by atoms with Crippen molar-refractivity contribution in [2.45, 2.75) is 142 Å². The molecule has 0 spiro atoms. The van der Waals surface area contributed by atoms with Gasteiger partial charge in [-0.25, -0.2) is 0 Å². The molecule has 2 aliphatic carbocycles. The molecule has 13 atom stereocenters. The molecule has 0 bridgehead atoms. The van der Waals surface area contributed by atoms with E-state index in [1.165, 1.54) is 0 Å². The number of fused-ring (bicyclic) bond motifs is 1. The standard InChI is InChI=1S/C47H72N4O9/c1-27(38(54)12-8-13-39(55)28(2)16-21-34(53)25-32-10-9-23-51(32)46(48)49)15-19-33(52)20-17-29(3)43(58)30(4)18-22-36-31(5)24-35-37(11-7-14-40(35)56)47(36,6)44(59)42-41(57)26-50-45(42)60/h8,12,15-19,22,24,27,30,32-40,43,52-56,58-59H,7,9-11,13-14,20-21,23,25-26H2,1-6H3,(H3,48,49)(H,50,60). The van der Waals surface area contributed by atoms with Crippen molar-refractivity contribution >= 4 is 17.6 Å².